The Morgan fingerprint density at radius 1 is 1.53 bits per heavy atom. The van der Waals surface area contributed by atoms with Crippen molar-refractivity contribution >= 4 is 5.97 Å². The molecule has 0 amide bonds. The number of esters is 1. The lowest BCUT2D eigenvalue weighted by atomic mass is 10.2. The molecule has 0 fully saturated rings. The number of methoxy groups -OCH3 is 2. The van der Waals surface area contributed by atoms with E-state index in [2.05, 4.69) is 17.0 Å². The highest BCUT2D eigenvalue weighted by atomic mass is 16.5. The molecule has 1 unspecified atom stereocenters. The van der Waals surface area contributed by atoms with Gasteiger partial charge in [-0.15, -0.1) is 0 Å². The summed E-state index contributed by atoms with van der Waals surface area (Å²) in [5.74, 6) is -0.185. The van der Waals surface area contributed by atoms with E-state index in [9.17, 15) is 4.79 Å². The van der Waals surface area contributed by atoms with Crippen molar-refractivity contribution < 1.29 is 18.7 Å². The molecule has 5 nitrogen and oxygen atoms in total. The summed E-state index contributed by atoms with van der Waals surface area (Å²) in [4.78, 5) is 11.3. The summed E-state index contributed by atoms with van der Waals surface area (Å²) in [7, 11) is 3.02. The smallest absolute Gasteiger partial charge is 0.374 e. The predicted octanol–water partition coefficient (Wildman–Crippen LogP) is 1.58. The lowest BCUT2D eigenvalue weighted by Gasteiger charge is -2.12. The molecule has 0 saturated carbocycles. The van der Waals surface area contributed by atoms with Gasteiger partial charge in [0, 0.05) is 31.9 Å². The highest BCUT2D eigenvalue weighted by Gasteiger charge is 2.15. The van der Waals surface area contributed by atoms with Gasteiger partial charge in [0.2, 0.25) is 5.76 Å². The molecule has 5 heteroatoms. The monoisotopic (exact) mass is 241 g/mol. The van der Waals surface area contributed by atoms with Crippen LogP contribution in [-0.4, -0.2) is 32.8 Å². The molecule has 0 saturated heterocycles. The number of hydrogen-bond donors (Lipinski definition) is 1. The third kappa shape index (κ3) is 4.20. The van der Waals surface area contributed by atoms with Crippen LogP contribution in [0.3, 0.4) is 0 Å². The van der Waals surface area contributed by atoms with Crippen molar-refractivity contribution in [3.05, 3.63) is 23.7 Å². The lowest BCUT2D eigenvalue weighted by molar-refractivity contribution is 0.0563. The Bertz CT molecular complexity index is 348. The van der Waals surface area contributed by atoms with Crippen LogP contribution in [0.5, 0.6) is 0 Å². The van der Waals surface area contributed by atoms with Gasteiger partial charge >= 0.3 is 5.97 Å². The maximum absolute atomic E-state index is 11.3. The van der Waals surface area contributed by atoms with E-state index in [4.69, 9.17) is 9.15 Å². The zero-order valence-electron chi connectivity index (χ0n) is 10.5. The molecule has 96 valence electrons. The number of carbonyl (C=O) groups excluding carboxylic acids is 1. The molecule has 1 atom stereocenters. The van der Waals surface area contributed by atoms with E-state index in [-0.39, 0.29) is 5.76 Å². The van der Waals surface area contributed by atoms with Crippen LogP contribution in [0.2, 0.25) is 0 Å². The minimum absolute atomic E-state index is 0.263. The van der Waals surface area contributed by atoms with Crippen molar-refractivity contribution in [2.45, 2.75) is 25.9 Å². The zero-order valence-corrected chi connectivity index (χ0v) is 10.5. The SMILES string of the molecule is COCCC(C)NCc1ccoc1C(=O)OC. The Labute approximate surface area is 101 Å². The van der Waals surface area contributed by atoms with Crippen LogP contribution in [0.4, 0.5) is 0 Å². The van der Waals surface area contributed by atoms with Gasteiger partial charge in [-0.3, -0.25) is 0 Å². The third-order valence-corrected chi connectivity index (χ3v) is 2.51. The van der Waals surface area contributed by atoms with Gasteiger partial charge in [0.05, 0.1) is 13.4 Å². The molecular formula is C12H19NO4. The van der Waals surface area contributed by atoms with Gasteiger partial charge in [0.15, 0.2) is 0 Å². The standard InChI is InChI=1S/C12H19NO4/c1-9(4-6-15-2)13-8-10-5-7-17-11(10)12(14)16-3/h5,7,9,13H,4,6,8H2,1-3H3. The fourth-order valence-electron chi connectivity index (χ4n) is 1.43. The highest BCUT2D eigenvalue weighted by Crippen LogP contribution is 2.11. The van der Waals surface area contributed by atoms with Gasteiger partial charge in [-0.25, -0.2) is 4.79 Å². The maximum Gasteiger partial charge on any atom is 0.374 e. The Hall–Kier alpha value is -1.33. The van der Waals surface area contributed by atoms with Crippen molar-refractivity contribution in [1.29, 1.82) is 0 Å². The first-order valence-corrected chi connectivity index (χ1v) is 5.56. The zero-order chi connectivity index (χ0) is 12.7. The lowest BCUT2D eigenvalue weighted by Crippen LogP contribution is -2.27. The van der Waals surface area contributed by atoms with Crippen molar-refractivity contribution in [2.75, 3.05) is 20.8 Å². The second-order valence-electron chi connectivity index (χ2n) is 3.83. The summed E-state index contributed by atoms with van der Waals surface area (Å²) in [5.41, 5.74) is 0.807. The molecule has 0 aliphatic rings. The number of furan rings is 1. The molecule has 1 aromatic heterocycles. The largest absolute Gasteiger partial charge is 0.463 e. The van der Waals surface area contributed by atoms with Gasteiger partial charge in [0.25, 0.3) is 0 Å². The summed E-state index contributed by atoms with van der Waals surface area (Å²) >= 11 is 0. The topological polar surface area (TPSA) is 60.7 Å². The van der Waals surface area contributed by atoms with Crippen LogP contribution in [0.25, 0.3) is 0 Å². The van der Waals surface area contributed by atoms with E-state index >= 15 is 0 Å². The minimum atomic E-state index is -0.448. The van der Waals surface area contributed by atoms with Crippen LogP contribution in [0.1, 0.15) is 29.5 Å². The Balaban J connectivity index is 2.46. The van der Waals surface area contributed by atoms with Crippen molar-refractivity contribution in [1.82, 2.24) is 5.32 Å². The number of rotatable bonds is 7. The van der Waals surface area contributed by atoms with Crippen LogP contribution in [-0.2, 0) is 16.0 Å². The van der Waals surface area contributed by atoms with Crippen LogP contribution < -0.4 is 5.32 Å². The van der Waals surface area contributed by atoms with Crippen LogP contribution >= 0.6 is 0 Å². The predicted molar refractivity (Wildman–Crippen MR) is 62.8 cm³/mol. The Morgan fingerprint density at radius 3 is 2.94 bits per heavy atom. The molecule has 0 radical (unpaired) electrons. The first kappa shape index (κ1) is 13.7. The van der Waals surface area contributed by atoms with E-state index in [1.807, 2.05) is 0 Å². The van der Waals surface area contributed by atoms with E-state index in [1.165, 1.54) is 13.4 Å². The highest BCUT2D eigenvalue weighted by molar-refractivity contribution is 5.87. The van der Waals surface area contributed by atoms with Crippen molar-refractivity contribution in [3.63, 3.8) is 0 Å². The van der Waals surface area contributed by atoms with Gasteiger partial charge < -0.3 is 19.2 Å². The number of nitrogens with one attached hydrogen (secondary N) is 1. The molecule has 17 heavy (non-hydrogen) atoms. The molecule has 0 spiro atoms. The van der Waals surface area contributed by atoms with Crippen molar-refractivity contribution in [3.8, 4) is 0 Å². The minimum Gasteiger partial charge on any atom is -0.463 e. The summed E-state index contributed by atoms with van der Waals surface area (Å²) in [6, 6.07) is 2.08. The summed E-state index contributed by atoms with van der Waals surface area (Å²) in [5, 5.41) is 3.29. The summed E-state index contributed by atoms with van der Waals surface area (Å²) < 4.78 is 14.7. The molecule has 1 N–H and O–H groups in total. The molecule has 0 aromatic carbocycles. The van der Waals surface area contributed by atoms with Crippen molar-refractivity contribution in [2.24, 2.45) is 0 Å². The van der Waals surface area contributed by atoms with E-state index in [0.29, 0.717) is 19.2 Å². The first-order chi connectivity index (χ1) is 8.19. The van der Waals surface area contributed by atoms with E-state index in [1.54, 1.807) is 13.2 Å². The van der Waals surface area contributed by atoms with Crippen LogP contribution in [0.15, 0.2) is 16.7 Å². The quantitative estimate of drug-likeness (QED) is 0.734. The average Bonchev–Trinajstić information content (AvgIpc) is 2.81. The summed E-state index contributed by atoms with van der Waals surface area (Å²) in [6.45, 7) is 3.35. The second kappa shape index (κ2) is 7.09. The van der Waals surface area contributed by atoms with Gasteiger partial charge in [0.1, 0.15) is 0 Å². The van der Waals surface area contributed by atoms with Gasteiger partial charge in [-0.2, -0.15) is 0 Å². The number of hydrogen-bond acceptors (Lipinski definition) is 5. The number of carbonyl (C=O) groups is 1. The summed E-state index contributed by atoms with van der Waals surface area (Å²) in [6.07, 6.45) is 2.41. The molecule has 1 heterocycles. The first-order valence-electron chi connectivity index (χ1n) is 5.56. The molecule has 1 aromatic rings. The molecule has 0 bridgehead atoms. The molecule has 0 aliphatic heterocycles. The number of ether oxygens (including phenoxy) is 2. The molecule has 0 aliphatic carbocycles. The van der Waals surface area contributed by atoms with Gasteiger partial charge in [-0.1, -0.05) is 0 Å². The Kier molecular flexibility index (Phi) is 5.72. The fourth-order valence-corrected chi connectivity index (χ4v) is 1.43. The second-order valence-corrected chi connectivity index (χ2v) is 3.83. The Morgan fingerprint density at radius 2 is 2.29 bits per heavy atom. The van der Waals surface area contributed by atoms with Gasteiger partial charge in [-0.05, 0) is 19.4 Å². The average molecular weight is 241 g/mol. The van der Waals surface area contributed by atoms with Crippen LogP contribution in [0, 0.1) is 0 Å². The molecular weight excluding hydrogens is 222 g/mol. The van der Waals surface area contributed by atoms with E-state index < -0.39 is 5.97 Å². The fraction of sp³-hybridized carbons (Fsp3) is 0.583. The van der Waals surface area contributed by atoms with E-state index in [0.717, 1.165) is 12.0 Å². The normalized spacial score (nSPS) is 12.4. The maximum atomic E-state index is 11.3. The molecule has 1 rings (SSSR count). The third-order valence-electron chi connectivity index (χ3n) is 2.51.